The molecule has 2 saturated heterocycles. The molecule has 10 heteroatoms. The lowest BCUT2D eigenvalue weighted by molar-refractivity contribution is -0.167. The molecular formula is C25H33ClN4O5. The van der Waals surface area contributed by atoms with E-state index in [1.807, 2.05) is 26.1 Å². The first-order valence-corrected chi connectivity index (χ1v) is 12.4. The molecule has 190 valence electrons. The van der Waals surface area contributed by atoms with Crippen LogP contribution < -0.4 is 4.74 Å². The van der Waals surface area contributed by atoms with E-state index < -0.39 is 5.60 Å². The Morgan fingerprint density at radius 3 is 2.60 bits per heavy atom. The lowest BCUT2D eigenvalue weighted by atomic mass is 9.96. The monoisotopic (exact) mass is 504 g/mol. The molecule has 0 radical (unpaired) electrons. The molecule has 1 atom stereocenters. The molecule has 0 spiro atoms. The van der Waals surface area contributed by atoms with Crippen molar-refractivity contribution < 1.29 is 23.8 Å². The first kappa shape index (κ1) is 25.5. The van der Waals surface area contributed by atoms with E-state index in [-0.39, 0.29) is 24.8 Å². The Labute approximate surface area is 210 Å². The fraction of sp³-hybridized carbons (Fsp3) is 0.560. The van der Waals surface area contributed by atoms with Gasteiger partial charge in [0.15, 0.2) is 0 Å². The predicted molar refractivity (Wildman–Crippen MR) is 130 cm³/mol. The van der Waals surface area contributed by atoms with Gasteiger partial charge in [0, 0.05) is 50.0 Å². The van der Waals surface area contributed by atoms with Crippen molar-refractivity contribution in [1.29, 1.82) is 0 Å². The van der Waals surface area contributed by atoms with Crippen LogP contribution in [0.2, 0.25) is 5.02 Å². The maximum absolute atomic E-state index is 13.2. The second-order valence-electron chi connectivity index (χ2n) is 9.16. The minimum absolute atomic E-state index is 0.0200. The zero-order chi connectivity index (χ0) is 24.8. The third-order valence-electron chi connectivity index (χ3n) is 6.59. The van der Waals surface area contributed by atoms with Gasteiger partial charge in [0.05, 0.1) is 32.8 Å². The summed E-state index contributed by atoms with van der Waals surface area (Å²) in [5.74, 6) is 0.654. The van der Waals surface area contributed by atoms with Gasteiger partial charge >= 0.3 is 0 Å². The zero-order valence-electron chi connectivity index (χ0n) is 20.4. The Bertz CT molecular complexity index is 1040. The summed E-state index contributed by atoms with van der Waals surface area (Å²) in [7, 11) is 1.87. The number of rotatable bonds is 8. The molecule has 4 rings (SSSR count). The first-order valence-electron chi connectivity index (χ1n) is 12.0. The number of carbonyl (C=O) groups excluding carboxylic acids is 2. The predicted octanol–water partition coefficient (Wildman–Crippen LogP) is 2.24. The van der Waals surface area contributed by atoms with Crippen LogP contribution in [0.15, 0.2) is 30.5 Å². The van der Waals surface area contributed by atoms with E-state index in [0.29, 0.717) is 69.6 Å². The fourth-order valence-electron chi connectivity index (χ4n) is 4.46. The highest BCUT2D eigenvalue weighted by molar-refractivity contribution is 6.31. The quantitative estimate of drug-likeness (QED) is 0.548. The van der Waals surface area contributed by atoms with Crippen molar-refractivity contribution in [3.05, 3.63) is 46.7 Å². The topological polar surface area (TPSA) is 86.1 Å². The van der Waals surface area contributed by atoms with E-state index in [1.54, 1.807) is 32.8 Å². The van der Waals surface area contributed by atoms with Gasteiger partial charge in [-0.05, 0) is 43.2 Å². The summed E-state index contributed by atoms with van der Waals surface area (Å²) in [6.45, 7) is 5.34. The SMILES string of the molecule is Cc1cc(OC[C@]2(CC(=O)N3CCOCC3)CN(C(=O)CCc3ccnn3C)CCO2)ccc1Cl. The maximum Gasteiger partial charge on any atom is 0.225 e. The first-order chi connectivity index (χ1) is 16.8. The highest BCUT2D eigenvalue weighted by Crippen LogP contribution is 2.28. The normalized spacial score (nSPS) is 20.7. The Morgan fingerprint density at radius 2 is 1.89 bits per heavy atom. The molecule has 0 saturated carbocycles. The molecule has 1 aromatic heterocycles. The molecule has 0 bridgehead atoms. The highest BCUT2D eigenvalue weighted by atomic mass is 35.5. The fourth-order valence-corrected chi connectivity index (χ4v) is 4.58. The van der Waals surface area contributed by atoms with Crippen LogP contribution >= 0.6 is 11.6 Å². The van der Waals surface area contributed by atoms with E-state index >= 15 is 0 Å². The highest BCUT2D eigenvalue weighted by Gasteiger charge is 2.42. The van der Waals surface area contributed by atoms with Gasteiger partial charge in [-0.1, -0.05) is 11.6 Å². The van der Waals surface area contributed by atoms with Crippen molar-refractivity contribution >= 4 is 23.4 Å². The van der Waals surface area contributed by atoms with Gasteiger partial charge < -0.3 is 24.0 Å². The van der Waals surface area contributed by atoms with Gasteiger partial charge in [0.2, 0.25) is 11.8 Å². The number of halogens is 1. The Hall–Kier alpha value is -2.62. The minimum Gasteiger partial charge on any atom is -0.490 e. The Balaban J connectivity index is 1.46. The molecule has 9 nitrogen and oxygen atoms in total. The summed E-state index contributed by atoms with van der Waals surface area (Å²) < 4.78 is 19.5. The van der Waals surface area contributed by atoms with Crippen molar-refractivity contribution in [1.82, 2.24) is 19.6 Å². The summed E-state index contributed by atoms with van der Waals surface area (Å²) in [5, 5.41) is 4.83. The summed E-state index contributed by atoms with van der Waals surface area (Å²) >= 11 is 6.15. The number of benzene rings is 1. The summed E-state index contributed by atoms with van der Waals surface area (Å²) in [6, 6.07) is 7.36. The molecule has 2 aliphatic rings. The second kappa shape index (κ2) is 11.4. The molecule has 2 aliphatic heterocycles. The number of amides is 2. The van der Waals surface area contributed by atoms with Crippen LogP contribution in [0.3, 0.4) is 0 Å². The van der Waals surface area contributed by atoms with Crippen LogP contribution in [0.5, 0.6) is 5.75 Å². The lowest BCUT2D eigenvalue weighted by Gasteiger charge is -2.43. The second-order valence-corrected chi connectivity index (χ2v) is 9.57. The number of carbonyl (C=O) groups is 2. The largest absolute Gasteiger partial charge is 0.490 e. The molecule has 2 fully saturated rings. The van der Waals surface area contributed by atoms with Gasteiger partial charge in [0.1, 0.15) is 18.0 Å². The van der Waals surface area contributed by atoms with E-state index in [9.17, 15) is 9.59 Å². The molecular weight excluding hydrogens is 472 g/mol. The van der Waals surface area contributed by atoms with Crippen LogP contribution in [-0.2, 0) is 32.5 Å². The Kier molecular flexibility index (Phi) is 8.30. The van der Waals surface area contributed by atoms with Crippen molar-refractivity contribution in [3.63, 3.8) is 0 Å². The lowest BCUT2D eigenvalue weighted by Crippen LogP contribution is -2.58. The van der Waals surface area contributed by atoms with E-state index in [1.165, 1.54) is 0 Å². The van der Waals surface area contributed by atoms with Gasteiger partial charge in [-0.2, -0.15) is 5.10 Å². The van der Waals surface area contributed by atoms with Crippen molar-refractivity contribution in [2.24, 2.45) is 7.05 Å². The van der Waals surface area contributed by atoms with Crippen LogP contribution in [0, 0.1) is 6.92 Å². The van der Waals surface area contributed by atoms with Crippen LogP contribution in [0.25, 0.3) is 0 Å². The minimum atomic E-state index is -0.941. The average molecular weight is 505 g/mol. The number of aryl methyl sites for hydroxylation is 3. The molecule has 1 aromatic carbocycles. The molecule has 35 heavy (non-hydrogen) atoms. The van der Waals surface area contributed by atoms with Crippen LogP contribution in [0.4, 0.5) is 0 Å². The number of ether oxygens (including phenoxy) is 3. The van der Waals surface area contributed by atoms with Gasteiger partial charge in [0.25, 0.3) is 0 Å². The maximum atomic E-state index is 13.2. The molecule has 2 amide bonds. The molecule has 2 aromatic rings. The number of aromatic nitrogens is 2. The molecule has 3 heterocycles. The standard InChI is InChI=1S/C25H33ClN4O5/c1-19-15-21(4-5-22(19)26)34-18-25(16-24(32)29-9-12-33-13-10-29)17-30(11-14-35-25)23(31)6-3-20-7-8-27-28(20)2/h4-5,7-8,15H,3,6,9-14,16-18H2,1-2H3/t25-/m0/s1. The number of morpholine rings is 2. The van der Waals surface area contributed by atoms with Gasteiger partial charge in [-0.15, -0.1) is 0 Å². The summed E-state index contributed by atoms with van der Waals surface area (Å²) in [4.78, 5) is 29.9. The summed E-state index contributed by atoms with van der Waals surface area (Å²) in [6.07, 6.45) is 2.83. The van der Waals surface area contributed by atoms with Crippen molar-refractivity contribution in [3.8, 4) is 5.75 Å². The number of hydrogen-bond donors (Lipinski definition) is 0. The van der Waals surface area contributed by atoms with Gasteiger partial charge in [-0.3, -0.25) is 14.3 Å². The van der Waals surface area contributed by atoms with Crippen molar-refractivity contribution in [2.75, 3.05) is 52.6 Å². The third-order valence-corrected chi connectivity index (χ3v) is 7.01. The van der Waals surface area contributed by atoms with Crippen LogP contribution in [0.1, 0.15) is 24.1 Å². The average Bonchev–Trinajstić information content (AvgIpc) is 3.28. The van der Waals surface area contributed by atoms with Crippen molar-refractivity contribution in [2.45, 2.75) is 31.8 Å². The van der Waals surface area contributed by atoms with Gasteiger partial charge in [-0.25, -0.2) is 0 Å². The van der Waals surface area contributed by atoms with Crippen LogP contribution in [-0.4, -0.2) is 89.6 Å². The molecule has 0 N–H and O–H groups in total. The summed E-state index contributed by atoms with van der Waals surface area (Å²) in [5.41, 5.74) is 0.963. The van der Waals surface area contributed by atoms with E-state index in [2.05, 4.69) is 5.10 Å². The third kappa shape index (κ3) is 6.54. The number of nitrogens with zero attached hydrogens (tertiary/aromatic N) is 4. The number of hydrogen-bond acceptors (Lipinski definition) is 6. The zero-order valence-corrected chi connectivity index (χ0v) is 21.1. The molecule has 0 aliphatic carbocycles. The van der Waals surface area contributed by atoms with E-state index in [0.717, 1.165) is 11.3 Å². The molecule has 0 unspecified atom stereocenters. The smallest absolute Gasteiger partial charge is 0.225 e. The Morgan fingerprint density at radius 1 is 1.11 bits per heavy atom. The van der Waals surface area contributed by atoms with E-state index in [4.69, 9.17) is 25.8 Å².